The molecule has 124 valence electrons. The van der Waals surface area contributed by atoms with E-state index >= 15 is 0 Å². The molecule has 2 nitrogen and oxygen atoms in total. The first-order valence-electron chi connectivity index (χ1n) is 7.63. The quantitative estimate of drug-likeness (QED) is 0.217. The highest BCUT2D eigenvalue weighted by molar-refractivity contribution is 8.00. The summed E-state index contributed by atoms with van der Waals surface area (Å²) in [6.45, 7) is 17.3. The molecular formula is C16H34O2P2Si. The molecule has 0 saturated carbocycles. The highest BCUT2D eigenvalue weighted by Crippen LogP contribution is 2.36. The molecule has 0 N–H and O–H groups in total. The number of hydrogen-bond acceptors (Lipinski definition) is 2. The largest absolute Gasteiger partial charge is 0.413 e. The molecular weight excluding hydrogens is 314 g/mol. The fraction of sp³-hybridized carbons (Fsp3) is 0.750. The van der Waals surface area contributed by atoms with E-state index in [-0.39, 0.29) is 5.04 Å². The van der Waals surface area contributed by atoms with Crippen LogP contribution in [0.3, 0.4) is 0 Å². The molecule has 0 aromatic carbocycles. The van der Waals surface area contributed by atoms with Gasteiger partial charge in [0.25, 0.3) is 0 Å². The third kappa shape index (κ3) is 9.97. The van der Waals surface area contributed by atoms with Crippen molar-refractivity contribution in [2.45, 2.75) is 65.6 Å². The van der Waals surface area contributed by atoms with Gasteiger partial charge in [0.15, 0.2) is 8.32 Å². The monoisotopic (exact) mass is 348 g/mol. The summed E-state index contributed by atoms with van der Waals surface area (Å²) in [7, 11) is 1.47. The summed E-state index contributed by atoms with van der Waals surface area (Å²) in [6, 6.07) is 0. The SMILES string of the molecule is C/C(=C\COPP)CC/C=C(\C)CO[Si](C)(C)C(C)(C)C. The topological polar surface area (TPSA) is 18.5 Å². The van der Waals surface area contributed by atoms with Gasteiger partial charge in [-0.3, -0.25) is 0 Å². The van der Waals surface area contributed by atoms with E-state index in [1.165, 1.54) is 11.1 Å². The second kappa shape index (κ2) is 10.3. The van der Waals surface area contributed by atoms with E-state index in [1.54, 1.807) is 0 Å². The summed E-state index contributed by atoms with van der Waals surface area (Å²) in [5.74, 6) is 0. The lowest BCUT2D eigenvalue weighted by Crippen LogP contribution is -2.41. The molecule has 0 radical (unpaired) electrons. The minimum Gasteiger partial charge on any atom is -0.413 e. The Morgan fingerprint density at radius 2 is 1.76 bits per heavy atom. The van der Waals surface area contributed by atoms with Crippen molar-refractivity contribution >= 4 is 25.7 Å². The second-order valence-electron chi connectivity index (χ2n) is 7.12. The van der Waals surface area contributed by atoms with Crippen LogP contribution in [-0.2, 0) is 8.95 Å². The molecule has 0 aliphatic carbocycles. The maximum atomic E-state index is 6.23. The average Bonchev–Trinajstić information content (AvgIpc) is 2.35. The van der Waals surface area contributed by atoms with E-state index < -0.39 is 8.32 Å². The number of allylic oxidation sites excluding steroid dienone is 2. The van der Waals surface area contributed by atoms with Gasteiger partial charge in [0.1, 0.15) is 0 Å². The van der Waals surface area contributed by atoms with Crippen LogP contribution in [0.15, 0.2) is 23.3 Å². The predicted molar refractivity (Wildman–Crippen MR) is 104 cm³/mol. The van der Waals surface area contributed by atoms with E-state index in [1.807, 2.05) is 0 Å². The minimum absolute atomic E-state index is 0.283. The van der Waals surface area contributed by atoms with Crippen LogP contribution >= 0.6 is 17.4 Å². The Kier molecular flexibility index (Phi) is 10.5. The van der Waals surface area contributed by atoms with Crippen molar-refractivity contribution in [3.8, 4) is 0 Å². The van der Waals surface area contributed by atoms with Gasteiger partial charge in [-0.2, -0.15) is 0 Å². The van der Waals surface area contributed by atoms with Gasteiger partial charge in [-0.1, -0.05) is 53.0 Å². The van der Waals surface area contributed by atoms with Crippen LogP contribution in [0.5, 0.6) is 0 Å². The standard InChI is InChI=1S/C16H34O2P2Si/c1-14(11-12-17-20-19)9-8-10-15(2)13-18-21(6,7)16(3,4)5/h10-11,20H,8-9,12-13,19H2,1-7H3/b14-11+,15-10+. The molecule has 2 atom stereocenters. The lowest BCUT2D eigenvalue weighted by atomic mass is 10.1. The molecule has 0 spiro atoms. The van der Waals surface area contributed by atoms with E-state index in [9.17, 15) is 0 Å². The van der Waals surface area contributed by atoms with Gasteiger partial charge in [-0.05, 0) is 44.8 Å². The first-order chi connectivity index (χ1) is 9.60. The van der Waals surface area contributed by atoms with Gasteiger partial charge >= 0.3 is 0 Å². The van der Waals surface area contributed by atoms with Crippen molar-refractivity contribution < 1.29 is 8.95 Å². The Balaban J connectivity index is 4.13. The van der Waals surface area contributed by atoms with Gasteiger partial charge in [-0.15, -0.1) is 0 Å². The fourth-order valence-electron chi connectivity index (χ4n) is 1.45. The van der Waals surface area contributed by atoms with Crippen LogP contribution in [0.2, 0.25) is 18.1 Å². The first-order valence-corrected chi connectivity index (χ1v) is 13.3. The van der Waals surface area contributed by atoms with Crippen LogP contribution in [-0.4, -0.2) is 21.5 Å². The summed E-state index contributed by atoms with van der Waals surface area (Å²) < 4.78 is 11.6. The van der Waals surface area contributed by atoms with E-state index in [0.717, 1.165) is 26.1 Å². The summed E-state index contributed by atoms with van der Waals surface area (Å²) in [4.78, 5) is 0. The molecule has 0 aliphatic rings. The van der Waals surface area contributed by atoms with Crippen molar-refractivity contribution in [2.75, 3.05) is 13.2 Å². The van der Waals surface area contributed by atoms with Crippen molar-refractivity contribution in [1.29, 1.82) is 0 Å². The molecule has 0 aromatic heterocycles. The van der Waals surface area contributed by atoms with Crippen LogP contribution in [0.25, 0.3) is 0 Å². The summed E-state index contributed by atoms with van der Waals surface area (Å²) in [5, 5.41) is 0.283. The van der Waals surface area contributed by atoms with E-state index in [2.05, 4.69) is 68.8 Å². The molecule has 0 saturated heterocycles. The molecule has 0 aromatic rings. The molecule has 0 fully saturated rings. The zero-order valence-corrected chi connectivity index (χ0v) is 18.0. The highest BCUT2D eigenvalue weighted by Gasteiger charge is 2.36. The number of hydrogen-bond donors (Lipinski definition) is 0. The Morgan fingerprint density at radius 1 is 1.14 bits per heavy atom. The molecule has 0 bridgehead atoms. The fourth-order valence-corrected chi connectivity index (χ4v) is 2.94. The lowest BCUT2D eigenvalue weighted by Gasteiger charge is -2.36. The van der Waals surface area contributed by atoms with Gasteiger partial charge < -0.3 is 8.95 Å². The molecule has 2 unspecified atom stereocenters. The Labute approximate surface area is 137 Å². The van der Waals surface area contributed by atoms with Crippen molar-refractivity contribution in [2.24, 2.45) is 0 Å². The zero-order valence-electron chi connectivity index (χ0n) is 14.9. The molecule has 0 aliphatic heterocycles. The van der Waals surface area contributed by atoms with Gasteiger partial charge in [0.2, 0.25) is 0 Å². The van der Waals surface area contributed by atoms with Crippen LogP contribution < -0.4 is 0 Å². The Morgan fingerprint density at radius 3 is 2.29 bits per heavy atom. The van der Waals surface area contributed by atoms with Gasteiger partial charge in [-0.25, -0.2) is 0 Å². The van der Waals surface area contributed by atoms with Gasteiger partial charge in [0.05, 0.1) is 13.2 Å². The van der Waals surface area contributed by atoms with Gasteiger partial charge in [0, 0.05) is 8.50 Å². The van der Waals surface area contributed by atoms with Crippen LogP contribution in [0.1, 0.15) is 47.5 Å². The molecule has 0 rings (SSSR count). The third-order valence-electron chi connectivity index (χ3n) is 4.10. The van der Waals surface area contributed by atoms with E-state index in [4.69, 9.17) is 8.95 Å². The lowest BCUT2D eigenvalue weighted by molar-refractivity contribution is 0.318. The summed E-state index contributed by atoms with van der Waals surface area (Å²) >= 11 is 0. The smallest absolute Gasteiger partial charge is 0.192 e. The van der Waals surface area contributed by atoms with Crippen molar-refractivity contribution in [3.05, 3.63) is 23.3 Å². The maximum absolute atomic E-state index is 6.23. The molecule has 0 heterocycles. The minimum atomic E-state index is -1.62. The number of rotatable bonds is 9. The van der Waals surface area contributed by atoms with E-state index in [0.29, 0.717) is 8.50 Å². The van der Waals surface area contributed by atoms with Crippen molar-refractivity contribution in [1.82, 2.24) is 0 Å². The Bertz CT molecular complexity index is 358. The molecule has 5 heteroatoms. The molecule has 21 heavy (non-hydrogen) atoms. The van der Waals surface area contributed by atoms with Crippen LogP contribution in [0, 0.1) is 0 Å². The predicted octanol–water partition coefficient (Wildman–Crippen LogP) is 6.08. The zero-order chi connectivity index (χ0) is 16.5. The molecule has 0 amide bonds. The van der Waals surface area contributed by atoms with Crippen LogP contribution in [0.4, 0.5) is 0 Å². The normalized spacial score (nSPS) is 15.2. The highest BCUT2D eigenvalue weighted by atomic mass is 32.0. The summed E-state index contributed by atoms with van der Waals surface area (Å²) in [6.07, 6.45) is 6.66. The Hall–Kier alpha value is 0.477. The maximum Gasteiger partial charge on any atom is 0.192 e. The first kappa shape index (κ1) is 21.5. The average molecular weight is 348 g/mol. The summed E-state index contributed by atoms with van der Waals surface area (Å²) in [5.41, 5.74) is 2.74. The second-order valence-corrected chi connectivity index (χ2v) is 13.2. The van der Waals surface area contributed by atoms with Crippen molar-refractivity contribution in [3.63, 3.8) is 0 Å². The third-order valence-corrected chi connectivity index (χ3v) is 9.41.